The maximum absolute atomic E-state index is 12.1. The van der Waals surface area contributed by atoms with E-state index in [4.69, 9.17) is 0 Å². The summed E-state index contributed by atoms with van der Waals surface area (Å²) < 4.78 is 0. The fourth-order valence-corrected chi connectivity index (χ4v) is 3.09. The SMILES string of the molecule is Cc1ccccc1C(=O)NCCC(=O)NC1(C(=O)O)CCCCC1. The van der Waals surface area contributed by atoms with Gasteiger partial charge >= 0.3 is 5.97 Å². The fraction of sp³-hybridized carbons (Fsp3) is 0.500. The van der Waals surface area contributed by atoms with Crippen molar-refractivity contribution < 1.29 is 19.5 Å². The van der Waals surface area contributed by atoms with Crippen molar-refractivity contribution in [3.8, 4) is 0 Å². The lowest BCUT2D eigenvalue weighted by Gasteiger charge is -2.34. The van der Waals surface area contributed by atoms with Crippen molar-refractivity contribution in [3.05, 3.63) is 35.4 Å². The number of benzene rings is 1. The second-order valence-electron chi connectivity index (χ2n) is 6.32. The van der Waals surface area contributed by atoms with Crippen molar-refractivity contribution in [1.82, 2.24) is 10.6 Å². The summed E-state index contributed by atoms with van der Waals surface area (Å²) in [6.07, 6.45) is 3.59. The zero-order valence-corrected chi connectivity index (χ0v) is 13.9. The highest BCUT2D eigenvalue weighted by atomic mass is 16.4. The third-order valence-corrected chi connectivity index (χ3v) is 4.52. The molecule has 0 atom stereocenters. The normalized spacial score (nSPS) is 16.2. The zero-order valence-electron chi connectivity index (χ0n) is 13.9. The van der Waals surface area contributed by atoms with E-state index in [2.05, 4.69) is 10.6 Å². The predicted molar refractivity (Wildman–Crippen MR) is 89.7 cm³/mol. The van der Waals surface area contributed by atoms with Gasteiger partial charge in [-0.3, -0.25) is 9.59 Å². The van der Waals surface area contributed by atoms with Gasteiger partial charge in [-0.25, -0.2) is 4.79 Å². The molecule has 1 aliphatic rings. The van der Waals surface area contributed by atoms with E-state index in [0.717, 1.165) is 24.8 Å². The molecular formula is C18H24N2O4. The molecule has 1 fully saturated rings. The van der Waals surface area contributed by atoms with Gasteiger partial charge < -0.3 is 15.7 Å². The number of hydrogen-bond donors (Lipinski definition) is 3. The van der Waals surface area contributed by atoms with Crippen LogP contribution in [-0.4, -0.2) is 35.0 Å². The summed E-state index contributed by atoms with van der Waals surface area (Å²) >= 11 is 0. The Kier molecular flexibility index (Phi) is 5.95. The molecule has 0 saturated heterocycles. The van der Waals surface area contributed by atoms with E-state index in [1.807, 2.05) is 19.1 Å². The molecule has 0 spiro atoms. The Morgan fingerprint density at radius 1 is 1.12 bits per heavy atom. The lowest BCUT2D eigenvalue weighted by molar-refractivity contribution is -0.149. The molecule has 6 heteroatoms. The number of rotatable bonds is 6. The Morgan fingerprint density at radius 2 is 1.79 bits per heavy atom. The molecule has 3 N–H and O–H groups in total. The summed E-state index contributed by atoms with van der Waals surface area (Å²) in [4.78, 5) is 35.7. The van der Waals surface area contributed by atoms with E-state index in [1.165, 1.54) is 0 Å². The topological polar surface area (TPSA) is 95.5 Å². The zero-order chi connectivity index (χ0) is 17.6. The molecule has 0 aromatic heterocycles. The fourth-order valence-electron chi connectivity index (χ4n) is 3.09. The maximum Gasteiger partial charge on any atom is 0.329 e. The van der Waals surface area contributed by atoms with E-state index < -0.39 is 11.5 Å². The number of hydrogen-bond acceptors (Lipinski definition) is 3. The van der Waals surface area contributed by atoms with Crippen LogP contribution in [0.3, 0.4) is 0 Å². The molecule has 1 aliphatic carbocycles. The first-order valence-electron chi connectivity index (χ1n) is 8.33. The van der Waals surface area contributed by atoms with Crippen LogP contribution >= 0.6 is 0 Å². The smallest absolute Gasteiger partial charge is 0.329 e. The standard InChI is InChI=1S/C18H24N2O4/c1-13-7-3-4-8-14(13)16(22)19-12-9-15(21)20-18(17(23)24)10-5-2-6-11-18/h3-4,7-8H,2,5-6,9-12H2,1H3,(H,19,22)(H,20,21)(H,23,24). The predicted octanol–water partition coefficient (Wildman–Crippen LogP) is 2.02. The third-order valence-electron chi connectivity index (χ3n) is 4.52. The summed E-state index contributed by atoms with van der Waals surface area (Å²) in [5.74, 6) is -1.55. The van der Waals surface area contributed by atoms with E-state index in [0.29, 0.717) is 18.4 Å². The van der Waals surface area contributed by atoms with E-state index in [-0.39, 0.29) is 24.8 Å². The Balaban J connectivity index is 1.83. The summed E-state index contributed by atoms with van der Waals surface area (Å²) in [7, 11) is 0. The summed E-state index contributed by atoms with van der Waals surface area (Å²) in [6.45, 7) is 2.02. The van der Waals surface area contributed by atoms with Crippen molar-refractivity contribution in [2.45, 2.75) is 51.0 Å². The second kappa shape index (κ2) is 7.95. The number of aliphatic carboxylic acids is 1. The quantitative estimate of drug-likeness (QED) is 0.742. The van der Waals surface area contributed by atoms with Gasteiger partial charge in [0.15, 0.2) is 0 Å². The molecule has 2 rings (SSSR count). The van der Waals surface area contributed by atoms with Gasteiger partial charge in [-0.15, -0.1) is 0 Å². The molecule has 0 radical (unpaired) electrons. The van der Waals surface area contributed by atoms with Gasteiger partial charge in [-0.1, -0.05) is 37.5 Å². The highest BCUT2D eigenvalue weighted by Crippen LogP contribution is 2.28. The molecule has 24 heavy (non-hydrogen) atoms. The van der Waals surface area contributed by atoms with Crippen LogP contribution in [0.4, 0.5) is 0 Å². The van der Waals surface area contributed by atoms with Crippen molar-refractivity contribution >= 4 is 17.8 Å². The summed E-state index contributed by atoms with van der Waals surface area (Å²) in [5, 5.41) is 14.8. The molecule has 1 saturated carbocycles. The third kappa shape index (κ3) is 4.34. The van der Waals surface area contributed by atoms with E-state index in [1.54, 1.807) is 12.1 Å². The Hall–Kier alpha value is -2.37. The number of nitrogens with one attached hydrogen (secondary N) is 2. The number of carbonyl (C=O) groups excluding carboxylic acids is 2. The van der Waals surface area contributed by atoms with Crippen molar-refractivity contribution in [1.29, 1.82) is 0 Å². The highest BCUT2D eigenvalue weighted by molar-refractivity contribution is 5.95. The van der Waals surface area contributed by atoms with Crippen LogP contribution in [0.25, 0.3) is 0 Å². The van der Waals surface area contributed by atoms with E-state index in [9.17, 15) is 19.5 Å². The molecule has 0 heterocycles. The average Bonchev–Trinajstić information content (AvgIpc) is 2.55. The number of carbonyl (C=O) groups is 3. The minimum atomic E-state index is -1.14. The van der Waals surface area contributed by atoms with Gasteiger partial charge in [-0.2, -0.15) is 0 Å². The lowest BCUT2D eigenvalue weighted by Crippen LogP contribution is -2.55. The first kappa shape index (κ1) is 18.0. The maximum atomic E-state index is 12.1. The van der Waals surface area contributed by atoms with Crippen LogP contribution < -0.4 is 10.6 Å². The Morgan fingerprint density at radius 3 is 2.42 bits per heavy atom. The largest absolute Gasteiger partial charge is 0.480 e. The van der Waals surface area contributed by atoms with Gasteiger partial charge in [0.2, 0.25) is 5.91 Å². The van der Waals surface area contributed by atoms with Crippen molar-refractivity contribution in [2.75, 3.05) is 6.54 Å². The van der Waals surface area contributed by atoms with Crippen molar-refractivity contribution in [2.24, 2.45) is 0 Å². The Labute approximate surface area is 141 Å². The molecule has 2 amide bonds. The van der Waals surface area contributed by atoms with Crippen molar-refractivity contribution in [3.63, 3.8) is 0 Å². The number of aryl methyl sites for hydroxylation is 1. The van der Waals surface area contributed by atoms with Crippen LogP contribution in [0.2, 0.25) is 0 Å². The lowest BCUT2D eigenvalue weighted by atomic mass is 9.81. The Bertz CT molecular complexity index is 621. The molecule has 0 aliphatic heterocycles. The van der Waals surface area contributed by atoms with Gasteiger partial charge in [0.25, 0.3) is 5.91 Å². The number of amides is 2. The van der Waals surface area contributed by atoms with Gasteiger partial charge in [-0.05, 0) is 31.4 Å². The van der Waals surface area contributed by atoms with E-state index >= 15 is 0 Å². The first-order valence-corrected chi connectivity index (χ1v) is 8.33. The average molecular weight is 332 g/mol. The van der Waals surface area contributed by atoms with Crippen LogP contribution in [0.15, 0.2) is 24.3 Å². The van der Waals surface area contributed by atoms with Crippen LogP contribution in [0.1, 0.15) is 54.4 Å². The molecule has 0 bridgehead atoms. The minimum absolute atomic E-state index is 0.0622. The van der Waals surface area contributed by atoms with Gasteiger partial charge in [0.05, 0.1) is 0 Å². The van der Waals surface area contributed by atoms with Crippen LogP contribution in [0, 0.1) is 6.92 Å². The van der Waals surface area contributed by atoms with Gasteiger partial charge in [0, 0.05) is 18.5 Å². The molecule has 0 unspecified atom stereocenters. The number of carboxylic acid groups (broad SMARTS) is 1. The molecule has 1 aromatic carbocycles. The summed E-state index contributed by atoms with van der Waals surface area (Å²) in [6, 6.07) is 7.22. The first-order chi connectivity index (χ1) is 11.4. The highest BCUT2D eigenvalue weighted by Gasteiger charge is 2.40. The monoisotopic (exact) mass is 332 g/mol. The minimum Gasteiger partial charge on any atom is -0.480 e. The second-order valence-corrected chi connectivity index (χ2v) is 6.32. The van der Waals surface area contributed by atoms with Crippen LogP contribution in [0.5, 0.6) is 0 Å². The molecule has 130 valence electrons. The molecule has 1 aromatic rings. The van der Waals surface area contributed by atoms with Gasteiger partial charge in [0.1, 0.15) is 5.54 Å². The molecular weight excluding hydrogens is 308 g/mol. The van der Waals surface area contributed by atoms with Crippen LogP contribution in [-0.2, 0) is 9.59 Å². The summed E-state index contributed by atoms with van der Waals surface area (Å²) in [5.41, 5.74) is 0.300. The molecule has 6 nitrogen and oxygen atoms in total. The number of carboxylic acids is 1.